The fourth-order valence-electron chi connectivity index (χ4n) is 2.12. The van der Waals surface area contributed by atoms with Crippen LogP contribution >= 0.6 is 0 Å². The van der Waals surface area contributed by atoms with Crippen LogP contribution in [0, 0.1) is 0 Å². The van der Waals surface area contributed by atoms with Gasteiger partial charge in [-0.2, -0.15) is 13.2 Å². The summed E-state index contributed by atoms with van der Waals surface area (Å²) in [6.07, 6.45) is -4.46. The molecule has 0 atom stereocenters. The number of nitrogens with two attached hydrogens (primary N) is 1. The van der Waals surface area contributed by atoms with Crippen molar-refractivity contribution in [3.63, 3.8) is 0 Å². The fourth-order valence-corrected chi connectivity index (χ4v) is 2.12. The van der Waals surface area contributed by atoms with Crippen molar-refractivity contribution in [3.05, 3.63) is 24.0 Å². The van der Waals surface area contributed by atoms with Crippen molar-refractivity contribution in [2.45, 2.75) is 12.2 Å². The Balaban J connectivity index is 2.07. The number of aromatic amines is 1. The average molecular weight is 256 g/mol. The molecular weight excluding hydrogens is 245 g/mol. The zero-order valence-corrected chi connectivity index (χ0v) is 9.33. The normalized spacial score (nSPS) is 17.2. The van der Waals surface area contributed by atoms with Crippen molar-refractivity contribution in [1.29, 1.82) is 0 Å². The van der Waals surface area contributed by atoms with Gasteiger partial charge in [-0.3, -0.25) is 0 Å². The standard InChI is InChI=1S/C11H11F3N4/c12-11(13,14)10-16-7-2-1-3-8(9(7)17-10)18-4-6(15)5-18/h1-3,6H,4-5,15H2,(H,16,17). The molecule has 0 radical (unpaired) electrons. The van der Waals surface area contributed by atoms with Gasteiger partial charge in [0.25, 0.3) is 0 Å². The lowest BCUT2D eigenvalue weighted by Gasteiger charge is -2.38. The highest BCUT2D eigenvalue weighted by Gasteiger charge is 2.35. The fraction of sp³-hybridized carbons (Fsp3) is 0.364. The molecule has 3 rings (SSSR count). The number of nitrogens with one attached hydrogen (secondary N) is 1. The quantitative estimate of drug-likeness (QED) is 0.817. The maximum atomic E-state index is 12.6. The summed E-state index contributed by atoms with van der Waals surface area (Å²) < 4.78 is 37.8. The lowest BCUT2D eigenvalue weighted by atomic mass is 10.1. The third-order valence-corrected chi connectivity index (χ3v) is 3.01. The van der Waals surface area contributed by atoms with Gasteiger partial charge in [0, 0.05) is 19.1 Å². The molecule has 2 aromatic rings. The summed E-state index contributed by atoms with van der Waals surface area (Å²) in [5, 5.41) is 0. The van der Waals surface area contributed by atoms with Crippen LogP contribution in [0.3, 0.4) is 0 Å². The lowest BCUT2D eigenvalue weighted by molar-refractivity contribution is -0.144. The van der Waals surface area contributed by atoms with Gasteiger partial charge in [-0.1, -0.05) is 6.07 Å². The molecule has 1 aromatic heterocycles. The van der Waals surface area contributed by atoms with Crippen LogP contribution in [-0.2, 0) is 6.18 Å². The van der Waals surface area contributed by atoms with Gasteiger partial charge >= 0.3 is 6.18 Å². The van der Waals surface area contributed by atoms with Crippen molar-refractivity contribution in [3.8, 4) is 0 Å². The van der Waals surface area contributed by atoms with E-state index in [1.54, 1.807) is 18.2 Å². The van der Waals surface area contributed by atoms with E-state index < -0.39 is 12.0 Å². The van der Waals surface area contributed by atoms with Gasteiger partial charge in [0.05, 0.1) is 11.2 Å². The van der Waals surface area contributed by atoms with E-state index in [9.17, 15) is 13.2 Å². The van der Waals surface area contributed by atoms with Gasteiger partial charge in [-0.15, -0.1) is 0 Å². The number of rotatable bonds is 1. The number of aromatic nitrogens is 2. The zero-order chi connectivity index (χ0) is 12.9. The van der Waals surface area contributed by atoms with Crippen LogP contribution in [0.4, 0.5) is 18.9 Å². The smallest absolute Gasteiger partial charge is 0.366 e. The van der Waals surface area contributed by atoms with Crippen LogP contribution in [0.1, 0.15) is 5.82 Å². The maximum absolute atomic E-state index is 12.6. The first kappa shape index (κ1) is 11.3. The Hall–Kier alpha value is -1.76. The number of hydrogen-bond donors (Lipinski definition) is 2. The van der Waals surface area contributed by atoms with E-state index in [1.807, 2.05) is 4.90 Å². The van der Waals surface area contributed by atoms with Crippen LogP contribution in [0.15, 0.2) is 18.2 Å². The van der Waals surface area contributed by atoms with E-state index in [4.69, 9.17) is 5.73 Å². The molecule has 1 aliphatic rings. The number of anilines is 1. The molecule has 0 aliphatic carbocycles. The van der Waals surface area contributed by atoms with E-state index in [2.05, 4.69) is 9.97 Å². The molecule has 0 amide bonds. The minimum Gasteiger partial charge on any atom is -0.366 e. The molecule has 0 bridgehead atoms. The molecule has 18 heavy (non-hydrogen) atoms. The molecule has 4 nitrogen and oxygen atoms in total. The minimum absolute atomic E-state index is 0.0845. The first-order valence-electron chi connectivity index (χ1n) is 5.51. The second kappa shape index (κ2) is 3.61. The average Bonchev–Trinajstić information content (AvgIpc) is 2.68. The van der Waals surface area contributed by atoms with Crippen LogP contribution in [-0.4, -0.2) is 29.1 Å². The molecule has 3 N–H and O–H groups in total. The minimum atomic E-state index is -4.46. The van der Waals surface area contributed by atoms with Crippen molar-refractivity contribution in [1.82, 2.24) is 9.97 Å². The van der Waals surface area contributed by atoms with Crippen molar-refractivity contribution < 1.29 is 13.2 Å². The Morgan fingerprint density at radius 3 is 2.67 bits per heavy atom. The lowest BCUT2D eigenvalue weighted by Crippen LogP contribution is -2.55. The van der Waals surface area contributed by atoms with Crippen molar-refractivity contribution in [2.75, 3.05) is 18.0 Å². The molecule has 1 aliphatic heterocycles. The summed E-state index contributed by atoms with van der Waals surface area (Å²) in [5.74, 6) is -0.963. The summed E-state index contributed by atoms with van der Waals surface area (Å²) in [6, 6.07) is 5.14. The van der Waals surface area contributed by atoms with E-state index in [0.717, 1.165) is 0 Å². The van der Waals surface area contributed by atoms with E-state index in [0.29, 0.717) is 29.8 Å². The summed E-state index contributed by atoms with van der Waals surface area (Å²) in [5.41, 5.74) is 7.10. The molecule has 1 aromatic carbocycles. The number of imidazole rings is 1. The summed E-state index contributed by atoms with van der Waals surface area (Å²) >= 11 is 0. The van der Waals surface area contributed by atoms with E-state index in [-0.39, 0.29) is 6.04 Å². The number of para-hydroxylation sites is 1. The largest absolute Gasteiger partial charge is 0.449 e. The molecule has 1 saturated heterocycles. The van der Waals surface area contributed by atoms with Crippen LogP contribution in [0.2, 0.25) is 0 Å². The predicted octanol–water partition coefficient (Wildman–Crippen LogP) is 1.73. The molecule has 0 unspecified atom stereocenters. The van der Waals surface area contributed by atoms with E-state index >= 15 is 0 Å². The topological polar surface area (TPSA) is 57.9 Å². The Labute approximate surface area is 101 Å². The number of hydrogen-bond acceptors (Lipinski definition) is 3. The Kier molecular flexibility index (Phi) is 2.28. The predicted molar refractivity (Wildman–Crippen MR) is 61.3 cm³/mol. The molecule has 0 saturated carbocycles. The van der Waals surface area contributed by atoms with Crippen molar-refractivity contribution >= 4 is 16.7 Å². The number of H-pyrrole nitrogens is 1. The number of halogens is 3. The third-order valence-electron chi connectivity index (χ3n) is 3.01. The van der Waals surface area contributed by atoms with E-state index in [1.165, 1.54) is 0 Å². The molecule has 0 spiro atoms. The monoisotopic (exact) mass is 256 g/mol. The SMILES string of the molecule is NC1CN(c2cccc3[nH]c(C(F)(F)F)nc23)C1. The maximum Gasteiger partial charge on any atom is 0.449 e. The highest BCUT2D eigenvalue weighted by Crippen LogP contribution is 2.33. The number of benzene rings is 1. The molecule has 96 valence electrons. The second-order valence-electron chi connectivity index (χ2n) is 4.42. The van der Waals surface area contributed by atoms with Crippen LogP contribution in [0.5, 0.6) is 0 Å². The third kappa shape index (κ3) is 1.71. The van der Waals surface area contributed by atoms with Gasteiger partial charge in [-0.05, 0) is 12.1 Å². The van der Waals surface area contributed by atoms with Crippen LogP contribution in [0.25, 0.3) is 11.0 Å². The molecule has 1 fully saturated rings. The number of fused-ring (bicyclic) bond motifs is 1. The number of alkyl halides is 3. The zero-order valence-electron chi connectivity index (χ0n) is 9.33. The Morgan fingerprint density at radius 1 is 1.33 bits per heavy atom. The highest BCUT2D eigenvalue weighted by molar-refractivity contribution is 5.89. The Bertz CT molecular complexity index is 583. The molecule has 2 heterocycles. The Morgan fingerprint density at radius 2 is 2.06 bits per heavy atom. The highest BCUT2D eigenvalue weighted by atomic mass is 19.4. The van der Waals surface area contributed by atoms with Gasteiger partial charge in [-0.25, -0.2) is 4.98 Å². The summed E-state index contributed by atoms with van der Waals surface area (Å²) in [6.45, 7) is 1.29. The van der Waals surface area contributed by atoms with Gasteiger partial charge in [0.1, 0.15) is 5.52 Å². The first-order valence-corrected chi connectivity index (χ1v) is 5.51. The van der Waals surface area contributed by atoms with Gasteiger partial charge in [0.15, 0.2) is 0 Å². The van der Waals surface area contributed by atoms with Crippen molar-refractivity contribution in [2.24, 2.45) is 5.73 Å². The summed E-state index contributed by atoms with van der Waals surface area (Å²) in [4.78, 5) is 7.87. The van der Waals surface area contributed by atoms with Gasteiger partial charge < -0.3 is 15.6 Å². The second-order valence-corrected chi connectivity index (χ2v) is 4.42. The van der Waals surface area contributed by atoms with Gasteiger partial charge in [0.2, 0.25) is 5.82 Å². The molecular formula is C11H11F3N4. The summed E-state index contributed by atoms with van der Waals surface area (Å²) in [7, 11) is 0. The number of nitrogens with zero attached hydrogens (tertiary/aromatic N) is 2. The van der Waals surface area contributed by atoms with Crippen LogP contribution < -0.4 is 10.6 Å². The first-order chi connectivity index (χ1) is 8.45. The molecule has 7 heteroatoms.